The standard InChI is InChI=1S/C22H23N3OS2/c1-2-3-5-16-7-9-17(10-8-16)21(19-6-4-12-27-19)24-15-20(26)25-22-18(14-23)11-13-28-22/h4,6-13,21,24H,2-3,5,15H2,1H3,(H,25,26)/p+1/t21-/m1/s1. The van der Waals surface area contributed by atoms with Gasteiger partial charge in [-0.1, -0.05) is 43.7 Å². The fraction of sp³-hybridized carbons (Fsp3) is 0.273. The summed E-state index contributed by atoms with van der Waals surface area (Å²) in [6.45, 7) is 2.50. The van der Waals surface area contributed by atoms with Gasteiger partial charge in [0.2, 0.25) is 0 Å². The van der Waals surface area contributed by atoms with Crippen LogP contribution in [0.5, 0.6) is 0 Å². The monoisotopic (exact) mass is 410 g/mol. The van der Waals surface area contributed by atoms with Crippen molar-refractivity contribution in [2.24, 2.45) is 0 Å². The van der Waals surface area contributed by atoms with Gasteiger partial charge < -0.3 is 10.6 Å². The second-order valence-electron chi connectivity index (χ2n) is 6.60. The molecular weight excluding hydrogens is 386 g/mol. The average Bonchev–Trinajstić information content (AvgIpc) is 3.39. The zero-order valence-electron chi connectivity index (χ0n) is 15.9. The Kier molecular flexibility index (Phi) is 7.38. The maximum absolute atomic E-state index is 12.4. The Morgan fingerprint density at radius 3 is 2.68 bits per heavy atom. The number of rotatable bonds is 9. The predicted molar refractivity (Wildman–Crippen MR) is 116 cm³/mol. The molecule has 0 fully saturated rings. The summed E-state index contributed by atoms with van der Waals surface area (Å²) < 4.78 is 0. The van der Waals surface area contributed by atoms with E-state index in [1.807, 2.05) is 11.4 Å². The van der Waals surface area contributed by atoms with Crippen molar-refractivity contribution >= 4 is 33.6 Å². The van der Waals surface area contributed by atoms with Crippen molar-refractivity contribution < 1.29 is 10.1 Å². The number of nitrogens with one attached hydrogen (secondary N) is 1. The number of amides is 1. The number of aryl methyl sites for hydroxylation is 1. The highest BCUT2D eigenvalue weighted by Crippen LogP contribution is 2.24. The molecule has 0 spiro atoms. The molecule has 0 aliphatic heterocycles. The molecule has 0 saturated heterocycles. The first kappa shape index (κ1) is 20.3. The molecule has 144 valence electrons. The number of nitrogens with two attached hydrogens (primary N) is 1. The smallest absolute Gasteiger partial charge is 0.280 e. The third kappa shape index (κ3) is 5.29. The molecule has 0 saturated carbocycles. The zero-order valence-corrected chi connectivity index (χ0v) is 17.5. The highest BCUT2D eigenvalue weighted by molar-refractivity contribution is 7.14. The molecule has 3 aromatic rings. The number of quaternary nitrogens is 1. The molecule has 2 aromatic heterocycles. The van der Waals surface area contributed by atoms with Crippen molar-refractivity contribution in [1.29, 1.82) is 5.26 Å². The molecule has 3 N–H and O–H groups in total. The van der Waals surface area contributed by atoms with Crippen LogP contribution < -0.4 is 10.6 Å². The minimum atomic E-state index is -0.0972. The number of carbonyl (C=O) groups excluding carboxylic acids is 1. The van der Waals surface area contributed by atoms with Gasteiger partial charge in [0, 0.05) is 5.56 Å². The van der Waals surface area contributed by atoms with Gasteiger partial charge in [-0.2, -0.15) is 5.26 Å². The molecule has 0 unspecified atom stereocenters. The number of thiophene rings is 2. The molecule has 1 aromatic carbocycles. The van der Waals surface area contributed by atoms with Crippen LogP contribution in [-0.4, -0.2) is 12.5 Å². The first-order valence-electron chi connectivity index (χ1n) is 9.44. The Hall–Kier alpha value is -2.46. The second-order valence-corrected chi connectivity index (χ2v) is 8.50. The Bertz CT molecular complexity index is 924. The Labute approximate surface area is 173 Å². The van der Waals surface area contributed by atoms with Crippen LogP contribution in [0, 0.1) is 11.3 Å². The van der Waals surface area contributed by atoms with Gasteiger partial charge in [0.25, 0.3) is 5.91 Å². The van der Waals surface area contributed by atoms with Gasteiger partial charge in [-0.25, -0.2) is 0 Å². The van der Waals surface area contributed by atoms with E-state index in [1.165, 1.54) is 40.2 Å². The Morgan fingerprint density at radius 1 is 1.18 bits per heavy atom. The quantitative estimate of drug-likeness (QED) is 0.552. The van der Waals surface area contributed by atoms with Crippen LogP contribution in [0.15, 0.2) is 53.2 Å². The fourth-order valence-electron chi connectivity index (χ4n) is 3.05. The molecular formula is C22H24N3OS2+. The van der Waals surface area contributed by atoms with Crippen molar-refractivity contribution in [3.8, 4) is 6.07 Å². The third-order valence-electron chi connectivity index (χ3n) is 4.59. The van der Waals surface area contributed by atoms with E-state index in [4.69, 9.17) is 5.26 Å². The first-order chi connectivity index (χ1) is 13.7. The summed E-state index contributed by atoms with van der Waals surface area (Å²) in [5.41, 5.74) is 3.06. The number of nitrogens with zero attached hydrogens (tertiary/aromatic N) is 1. The predicted octanol–water partition coefficient (Wildman–Crippen LogP) is 4.32. The maximum Gasteiger partial charge on any atom is 0.280 e. The van der Waals surface area contributed by atoms with E-state index in [9.17, 15) is 4.79 Å². The molecule has 0 radical (unpaired) electrons. The molecule has 0 bridgehead atoms. The lowest BCUT2D eigenvalue weighted by atomic mass is 10.0. The van der Waals surface area contributed by atoms with Crippen LogP contribution in [0.2, 0.25) is 0 Å². The van der Waals surface area contributed by atoms with Gasteiger partial charge in [-0.05, 0) is 41.3 Å². The van der Waals surface area contributed by atoms with E-state index in [2.05, 4.69) is 59.3 Å². The molecule has 4 nitrogen and oxygen atoms in total. The van der Waals surface area contributed by atoms with Gasteiger partial charge in [0.15, 0.2) is 6.54 Å². The summed E-state index contributed by atoms with van der Waals surface area (Å²) in [7, 11) is 0. The van der Waals surface area contributed by atoms with Gasteiger partial charge in [0.05, 0.1) is 10.4 Å². The first-order valence-corrected chi connectivity index (χ1v) is 11.2. The Morgan fingerprint density at radius 2 is 2.00 bits per heavy atom. The zero-order chi connectivity index (χ0) is 19.8. The summed E-state index contributed by atoms with van der Waals surface area (Å²) in [5.74, 6) is -0.0972. The molecule has 28 heavy (non-hydrogen) atoms. The van der Waals surface area contributed by atoms with E-state index in [1.54, 1.807) is 17.4 Å². The summed E-state index contributed by atoms with van der Waals surface area (Å²) in [4.78, 5) is 13.6. The molecule has 6 heteroatoms. The van der Waals surface area contributed by atoms with Gasteiger partial charge >= 0.3 is 0 Å². The number of hydrogen-bond acceptors (Lipinski definition) is 4. The average molecular weight is 411 g/mol. The van der Waals surface area contributed by atoms with Crippen LogP contribution in [0.25, 0.3) is 0 Å². The fourth-order valence-corrected chi connectivity index (χ4v) is 4.66. The number of carbonyl (C=O) groups is 1. The molecule has 1 amide bonds. The number of unbranched alkanes of at least 4 members (excludes halogenated alkanes) is 1. The van der Waals surface area contributed by atoms with E-state index in [0.29, 0.717) is 17.1 Å². The lowest BCUT2D eigenvalue weighted by molar-refractivity contribution is -0.675. The van der Waals surface area contributed by atoms with Crippen molar-refractivity contribution in [2.45, 2.75) is 32.2 Å². The topological polar surface area (TPSA) is 69.5 Å². The van der Waals surface area contributed by atoms with Crippen LogP contribution in [0.3, 0.4) is 0 Å². The summed E-state index contributed by atoms with van der Waals surface area (Å²) in [6, 6.07) is 16.8. The van der Waals surface area contributed by atoms with Crippen molar-refractivity contribution in [1.82, 2.24) is 0 Å². The van der Waals surface area contributed by atoms with Gasteiger partial charge in [-0.15, -0.1) is 22.7 Å². The third-order valence-corrected chi connectivity index (χ3v) is 6.37. The highest BCUT2D eigenvalue weighted by atomic mass is 32.1. The summed E-state index contributed by atoms with van der Waals surface area (Å²) in [5, 5.41) is 18.5. The maximum atomic E-state index is 12.4. The molecule has 3 rings (SSSR count). The molecule has 0 aliphatic rings. The van der Waals surface area contributed by atoms with E-state index in [-0.39, 0.29) is 11.9 Å². The van der Waals surface area contributed by atoms with E-state index < -0.39 is 0 Å². The van der Waals surface area contributed by atoms with Gasteiger partial charge in [0.1, 0.15) is 17.1 Å². The lowest BCUT2D eigenvalue weighted by Gasteiger charge is -2.15. The second kappa shape index (κ2) is 10.2. The molecule has 1 atom stereocenters. The van der Waals surface area contributed by atoms with Crippen molar-refractivity contribution in [2.75, 3.05) is 11.9 Å². The molecule has 0 aliphatic carbocycles. The van der Waals surface area contributed by atoms with Crippen molar-refractivity contribution in [3.05, 3.63) is 74.8 Å². The lowest BCUT2D eigenvalue weighted by Crippen LogP contribution is -2.87. The van der Waals surface area contributed by atoms with Crippen LogP contribution in [-0.2, 0) is 11.2 Å². The Balaban J connectivity index is 1.67. The number of benzene rings is 1. The number of anilines is 1. The minimum absolute atomic E-state index is 0.0877. The molecule has 2 heterocycles. The van der Waals surface area contributed by atoms with E-state index >= 15 is 0 Å². The minimum Gasteiger partial charge on any atom is -0.328 e. The highest BCUT2D eigenvalue weighted by Gasteiger charge is 2.20. The SMILES string of the molecule is CCCCc1ccc([C@@H]([NH2+]CC(=O)Nc2sccc2C#N)c2cccs2)cc1. The van der Waals surface area contributed by atoms with Crippen LogP contribution in [0.1, 0.15) is 47.4 Å². The normalized spacial score (nSPS) is 11.7. The summed E-state index contributed by atoms with van der Waals surface area (Å²) in [6.07, 6.45) is 3.50. The van der Waals surface area contributed by atoms with Crippen LogP contribution >= 0.6 is 22.7 Å². The van der Waals surface area contributed by atoms with Gasteiger partial charge in [-0.3, -0.25) is 4.79 Å². The number of nitriles is 1. The van der Waals surface area contributed by atoms with Crippen LogP contribution in [0.4, 0.5) is 5.00 Å². The number of hydrogen-bond donors (Lipinski definition) is 2. The summed E-state index contributed by atoms with van der Waals surface area (Å²) >= 11 is 3.08. The van der Waals surface area contributed by atoms with Crippen molar-refractivity contribution in [3.63, 3.8) is 0 Å². The van der Waals surface area contributed by atoms with E-state index in [0.717, 1.165) is 6.42 Å². The largest absolute Gasteiger partial charge is 0.328 e.